The number of anilines is 2. The minimum atomic E-state index is -3.60. The molecule has 0 fully saturated rings. The second-order valence-electron chi connectivity index (χ2n) is 7.15. The van der Waals surface area contributed by atoms with Crippen molar-refractivity contribution in [1.29, 1.82) is 0 Å². The van der Waals surface area contributed by atoms with Gasteiger partial charge in [0.05, 0.1) is 16.9 Å². The van der Waals surface area contributed by atoms with E-state index >= 15 is 0 Å². The molecule has 2 rings (SSSR count). The first-order chi connectivity index (χ1) is 14.0. The average Bonchev–Trinajstić information content (AvgIpc) is 3.00. The van der Waals surface area contributed by atoms with E-state index in [1.54, 1.807) is 7.05 Å². The number of unbranched alkanes of at least 4 members (excludes halogenated alkanes) is 4. The Morgan fingerprint density at radius 3 is 2.27 bits per heavy atom. The van der Waals surface area contributed by atoms with Crippen LogP contribution in [0.1, 0.15) is 49.4 Å². The van der Waals surface area contributed by atoms with Crippen LogP contribution in [0.2, 0.25) is 0 Å². The van der Waals surface area contributed by atoms with Crippen LogP contribution in [0.4, 0.5) is 11.5 Å². The number of hydrogen-bond donors (Lipinski definition) is 2. The van der Waals surface area contributed by atoms with Crippen molar-refractivity contribution in [2.45, 2.75) is 43.9 Å². The lowest BCUT2D eigenvalue weighted by atomic mass is 10.2. The molecule has 0 spiro atoms. The molecular weight excluding hydrogens is 428 g/mol. The highest BCUT2D eigenvalue weighted by Crippen LogP contribution is 2.20. The van der Waals surface area contributed by atoms with Gasteiger partial charge in [0, 0.05) is 18.9 Å². The maximum Gasteiger partial charge on any atom is 0.261 e. The third kappa shape index (κ3) is 7.13. The van der Waals surface area contributed by atoms with Crippen molar-refractivity contribution in [3.8, 4) is 0 Å². The molecule has 2 aromatic rings. The lowest BCUT2D eigenvalue weighted by Gasteiger charge is -2.08. The zero-order chi connectivity index (χ0) is 22.4. The van der Waals surface area contributed by atoms with Gasteiger partial charge >= 0.3 is 0 Å². The second-order valence-corrected chi connectivity index (χ2v) is 11.0. The maximum atomic E-state index is 12.5. The van der Waals surface area contributed by atoms with E-state index in [-0.39, 0.29) is 22.0 Å². The Kier molecular flexibility index (Phi) is 8.02. The number of nitrogens with one attached hydrogen (secondary N) is 2. The summed E-state index contributed by atoms with van der Waals surface area (Å²) in [5, 5.41) is 6.56. The van der Waals surface area contributed by atoms with Crippen LogP contribution in [0.5, 0.6) is 0 Å². The van der Waals surface area contributed by atoms with Crippen LogP contribution >= 0.6 is 0 Å². The predicted molar refractivity (Wildman–Crippen MR) is 117 cm³/mol. The molecule has 1 aromatic heterocycles. The molecule has 0 bridgehead atoms. The number of carbonyl (C=O) groups excluding carboxylic acids is 1. The molecule has 1 amide bonds. The fourth-order valence-corrected chi connectivity index (χ4v) is 4.74. The monoisotopic (exact) mass is 456 g/mol. The van der Waals surface area contributed by atoms with Gasteiger partial charge < -0.3 is 5.32 Å². The fourth-order valence-electron chi connectivity index (χ4n) is 2.86. The van der Waals surface area contributed by atoms with E-state index < -0.39 is 25.8 Å². The van der Waals surface area contributed by atoms with Gasteiger partial charge in [-0.15, -0.1) is 0 Å². The van der Waals surface area contributed by atoms with Crippen molar-refractivity contribution in [2.75, 3.05) is 22.0 Å². The molecule has 30 heavy (non-hydrogen) atoms. The van der Waals surface area contributed by atoms with E-state index in [1.165, 1.54) is 35.1 Å². The molecule has 1 aromatic carbocycles. The van der Waals surface area contributed by atoms with Gasteiger partial charge in [-0.2, -0.15) is 5.10 Å². The summed E-state index contributed by atoms with van der Waals surface area (Å²) in [6, 6.07) is 5.91. The van der Waals surface area contributed by atoms with Crippen molar-refractivity contribution in [3.05, 3.63) is 36.0 Å². The molecule has 0 atom stereocenters. The standard InChI is InChI=1S/C19H28N4O5S2/c1-4-5-6-7-8-13-30(27,28)16-11-9-15(10-12-16)20-19(24)17-14-23(2)21-18(17)22-29(3,25)26/h9-12,14H,4-8,13H2,1-3H3,(H,20,24)(H,21,22). The van der Waals surface area contributed by atoms with Crippen molar-refractivity contribution in [1.82, 2.24) is 9.78 Å². The van der Waals surface area contributed by atoms with E-state index in [2.05, 4.69) is 22.1 Å². The minimum absolute atomic E-state index is 0.0479. The van der Waals surface area contributed by atoms with Crippen LogP contribution in [-0.4, -0.2) is 44.5 Å². The Bertz CT molecular complexity index is 1070. The van der Waals surface area contributed by atoms with Crippen LogP contribution in [-0.2, 0) is 26.9 Å². The van der Waals surface area contributed by atoms with Crippen LogP contribution in [0, 0.1) is 0 Å². The number of hydrogen-bond acceptors (Lipinski definition) is 6. The number of benzene rings is 1. The van der Waals surface area contributed by atoms with Crippen molar-refractivity contribution >= 4 is 37.3 Å². The summed E-state index contributed by atoms with van der Waals surface area (Å²) in [6.45, 7) is 2.11. The smallest absolute Gasteiger partial charge is 0.261 e. The summed E-state index contributed by atoms with van der Waals surface area (Å²) in [5.41, 5.74) is 0.433. The number of nitrogens with zero attached hydrogens (tertiary/aromatic N) is 2. The zero-order valence-electron chi connectivity index (χ0n) is 17.4. The highest BCUT2D eigenvalue weighted by molar-refractivity contribution is 7.92. The highest BCUT2D eigenvalue weighted by Gasteiger charge is 2.19. The van der Waals surface area contributed by atoms with Crippen LogP contribution in [0.15, 0.2) is 35.4 Å². The number of sulfonamides is 1. The molecular formula is C19H28N4O5S2. The first-order valence-electron chi connectivity index (χ1n) is 9.67. The maximum absolute atomic E-state index is 12.5. The first-order valence-corrected chi connectivity index (χ1v) is 13.2. The molecule has 166 valence electrons. The van der Waals surface area contributed by atoms with Gasteiger partial charge in [0.2, 0.25) is 10.0 Å². The molecule has 0 aliphatic heterocycles. The van der Waals surface area contributed by atoms with Gasteiger partial charge in [-0.05, 0) is 30.7 Å². The van der Waals surface area contributed by atoms with E-state index in [0.717, 1.165) is 31.9 Å². The largest absolute Gasteiger partial charge is 0.322 e. The SMILES string of the molecule is CCCCCCCS(=O)(=O)c1ccc(NC(=O)c2cn(C)nc2NS(C)(=O)=O)cc1. The number of carbonyl (C=O) groups is 1. The number of amides is 1. The van der Waals surface area contributed by atoms with Crippen LogP contribution in [0.3, 0.4) is 0 Å². The van der Waals surface area contributed by atoms with Crippen LogP contribution in [0.25, 0.3) is 0 Å². The third-order valence-corrected chi connectivity index (χ3v) is 6.72. The third-order valence-electron chi connectivity index (χ3n) is 4.34. The van der Waals surface area contributed by atoms with Crippen molar-refractivity contribution < 1.29 is 21.6 Å². The summed E-state index contributed by atoms with van der Waals surface area (Å²) in [4.78, 5) is 12.7. The van der Waals surface area contributed by atoms with E-state index in [4.69, 9.17) is 0 Å². The summed E-state index contributed by atoms with van der Waals surface area (Å²) >= 11 is 0. The van der Waals surface area contributed by atoms with Gasteiger partial charge in [-0.1, -0.05) is 32.6 Å². The minimum Gasteiger partial charge on any atom is -0.322 e. The molecule has 0 aliphatic rings. The molecule has 0 saturated carbocycles. The Morgan fingerprint density at radius 2 is 1.67 bits per heavy atom. The highest BCUT2D eigenvalue weighted by atomic mass is 32.2. The second kappa shape index (κ2) is 10.1. The predicted octanol–water partition coefficient (Wildman–Crippen LogP) is 2.79. The molecule has 2 N–H and O–H groups in total. The molecule has 0 saturated heterocycles. The van der Waals surface area contributed by atoms with E-state index in [9.17, 15) is 21.6 Å². The summed E-state index contributed by atoms with van der Waals surface area (Å²) in [5.74, 6) is -0.556. The molecule has 0 unspecified atom stereocenters. The number of rotatable bonds is 11. The molecule has 11 heteroatoms. The summed E-state index contributed by atoms with van der Waals surface area (Å²) < 4.78 is 51.3. The fraction of sp³-hybridized carbons (Fsp3) is 0.474. The van der Waals surface area contributed by atoms with Gasteiger partial charge in [0.1, 0.15) is 5.56 Å². The molecule has 9 nitrogen and oxygen atoms in total. The lowest BCUT2D eigenvalue weighted by Crippen LogP contribution is -2.16. The summed E-state index contributed by atoms with van der Waals surface area (Å²) in [6.07, 6.45) is 7.10. The Hall–Kier alpha value is -2.40. The Morgan fingerprint density at radius 1 is 1.03 bits per heavy atom. The Labute approximate surface area is 177 Å². The van der Waals surface area contributed by atoms with Crippen molar-refractivity contribution in [3.63, 3.8) is 0 Å². The topological polar surface area (TPSA) is 127 Å². The molecule has 0 radical (unpaired) electrons. The molecule has 0 aliphatic carbocycles. The van der Waals surface area contributed by atoms with E-state index in [1.807, 2.05) is 0 Å². The number of aromatic nitrogens is 2. The number of sulfone groups is 1. The summed E-state index contributed by atoms with van der Waals surface area (Å²) in [7, 11) is -5.41. The number of aryl methyl sites for hydroxylation is 1. The zero-order valence-corrected chi connectivity index (χ0v) is 19.0. The average molecular weight is 457 g/mol. The quantitative estimate of drug-likeness (QED) is 0.501. The van der Waals surface area contributed by atoms with Crippen LogP contribution < -0.4 is 10.0 Å². The normalized spacial score (nSPS) is 12.0. The van der Waals surface area contributed by atoms with Gasteiger partial charge in [-0.3, -0.25) is 14.2 Å². The lowest BCUT2D eigenvalue weighted by molar-refractivity contribution is 0.102. The van der Waals surface area contributed by atoms with E-state index in [0.29, 0.717) is 12.1 Å². The van der Waals surface area contributed by atoms with Gasteiger partial charge in [0.25, 0.3) is 5.91 Å². The van der Waals surface area contributed by atoms with Gasteiger partial charge in [-0.25, -0.2) is 16.8 Å². The molecule has 1 heterocycles. The van der Waals surface area contributed by atoms with Crippen molar-refractivity contribution in [2.24, 2.45) is 7.05 Å². The Balaban J connectivity index is 2.05. The van der Waals surface area contributed by atoms with Gasteiger partial charge in [0.15, 0.2) is 15.7 Å². The first kappa shape index (κ1) is 23.9.